The average molecular weight is 537 g/mol. The van der Waals surface area contributed by atoms with Crippen molar-refractivity contribution in [3.8, 4) is 22.4 Å². The molecule has 9 rings (SSSR count). The number of nitrogens with zero attached hydrogens (tertiary/aromatic N) is 2. The van der Waals surface area contributed by atoms with Gasteiger partial charge in [0.15, 0.2) is 0 Å². The van der Waals surface area contributed by atoms with Crippen LogP contribution in [-0.4, -0.2) is 9.97 Å². The van der Waals surface area contributed by atoms with Gasteiger partial charge in [-0.2, -0.15) is 0 Å². The second-order valence-electron chi connectivity index (χ2n) is 11.0. The molecular formula is C39H24N2O. The highest BCUT2D eigenvalue weighted by Gasteiger charge is 2.17. The summed E-state index contributed by atoms with van der Waals surface area (Å²) in [5.74, 6) is 0. The van der Waals surface area contributed by atoms with E-state index >= 15 is 0 Å². The number of rotatable bonds is 2. The van der Waals surface area contributed by atoms with Gasteiger partial charge in [-0.1, -0.05) is 109 Å². The molecular weight excluding hydrogens is 512 g/mol. The summed E-state index contributed by atoms with van der Waals surface area (Å²) in [4.78, 5) is 10.2. The van der Waals surface area contributed by atoms with E-state index in [1.807, 2.05) is 6.20 Å². The van der Waals surface area contributed by atoms with Gasteiger partial charge in [0.1, 0.15) is 11.2 Å². The Morgan fingerprint density at radius 3 is 1.95 bits per heavy atom. The Kier molecular flexibility index (Phi) is 4.82. The fourth-order valence-electron chi connectivity index (χ4n) is 6.64. The van der Waals surface area contributed by atoms with Crippen LogP contribution in [-0.2, 0) is 0 Å². The zero-order valence-electron chi connectivity index (χ0n) is 22.9. The molecule has 0 saturated heterocycles. The van der Waals surface area contributed by atoms with Crippen molar-refractivity contribution >= 4 is 65.3 Å². The molecule has 0 amide bonds. The molecule has 0 aliphatic carbocycles. The molecule has 42 heavy (non-hydrogen) atoms. The number of para-hydroxylation sites is 1. The Morgan fingerprint density at radius 2 is 1.14 bits per heavy atom. The summed E-state index contributed by atoms with van der Waals surface area (Å²) in [6, 6.07) is 42.7. The molecule has 0 unspecified atom stereocenters. The SMILES string of the molecule is Cc1c2ccccc2cc2c1oc1c(-c3cccc(-c4cnc5c6ccccc6c6ccccc6c5n4)c3)cccc12. The molecule has 2 heterocycles. The highest BCUT2D eigenvalue weighted by molar-refractivity contribution is 6.23. The van der Waals surface area contributed by atoms with Crippen LogP contribution in [0.4, 0.5) is 0 Å². The predicted molar refractivity (Wildman–Crippen MR) is 175 cm³/mol. The molecule has 7 aromatic carbocycles. The molecule has 0 spiro atoms. The average Bonchev–Trinajstić information content (AvgIpc) is 3.44. The Bertz CT molecular complexity index is 2510. The molecule has 3 heteroatoms. The Labute approximate surface area is 241 Å². The van der Waals surface area contributed by atoms with E-state index in [1.165, 1.54) is 27.1 Å². The van der Waals surface area contributed by atoms with Gasteiger partial charge in [0.05, 0.1) is 22.9 Å². The van der Waals surface area contributed by atoms with Crippen LogP contribution in [0.2, 0.25) is 0 Å². The monoisotopic (exact) mass is 536 g/mol. The second kappa shape index (κ2) is 8.73. The lowest BCUT2D eigenvalue weighted by Gasteiger charge is -2.11. The molecule has 0 fully saturated rings. The quantitative estimate of drug-likeness (QED) is 0.206. The Morgan fingerprint density at radius 1 is 0.500 bits per heavy atom. The summed E-state index contributed by atoms with van der Waals surface area (Å²) in [5, 5.41) is 9.37. The molecule has 196 valence electrons. The third-order valence-electron chi connectivity index (χ3n) is 8.66. The standard InChI is InChI=1S/C39H24N2O/c1-23-27-13-3-2-10-25(27)21-34-33-19-9-18-28(39(33)42-38(23)34)24-11-8-12-26(20-24)35-22-40-36-31-16-6-4-14-29(31)30-15-5-7-17-32(30)37(36)41-35/h2-22H,1H3. The van der Waals surface area contributed by atoms with E-state index in [9.17, 15) is 0 Å². The summed E-state index contributed by atoms with van der Waals surface area (Å²) in [5.41, 5.74) is 8.91. The molecule has 0 saturated carbocycles. The van der Waals surface area contributed by atoms with Crippen molar-refractivity contribution in [2.75, 3.05) is 0 Å². The van der Waals surface area contributed by atoms with Gasteiger partial charge in [0.2, 0.25) is 0 Å². The fraction of sp³-hybridized carbons (Fsp3) is 0.0256. The van der Waals surface area contributed by atoms with Gasteiger partial charge < -0.3 is 4.42 Å². The third kappa shape index (κ3) is 3.28. The molecule has 3 nitrogen and oxygen atoms in total. The van der Waals surface area contributed by atoms with E-state index < -0.39 is 0 Å². The lowest BCUT2D eigenvalue weighted by atomic mass is 9.97. The number of hydrogen-bond acceptors (Lipinski definition) is 3. The Balaban J connectivity index is 1.24. The van der Waals surface area contributed by atoms with Gasteiger partial charge >= 0.3 is 0 Å². The molecule has 0 aliphatic heterocycles. The van der Waals surface area contributed by atoms with E-state index in [4.69, 9.17) is 14.4 Å². The van der Waals surface area contributed by atoms with Gasteiger partial charge in [-0.15, -0.1) is 0 Å². The lowest BCUT2D eigenvalue weighted by Crippen LogP contribution is -1.92. The van der Waals surface area contributed by atoms with Crippen molar-refractivity contribution in [1.82, 2.24) is 9.97 Å². The number of benzene rings is 7. The number of aryl methyl sites for hydroxylation is 1. The Hall–Kier alpha value is -5.54. The van der Waals surface area contributed by atoms with Crippen molar-refractivity contribution in [2.45, 2.75) is 6.92 Å². The normalized spacial score (nSPS) is 11.9. The highest BCUT2D eigenvalue weighted by atomic mass is 16.3. The van der Waals surface area contributed by atoms with Crippen LogP contribution >= 0.6 is 0 Å². The maximum atomic E-state index is 6.64. The van der Waals surface area contributed by atoms with Crippen LogP contribution in [0, 0.1) is 6.92 Å². The first-order valence-corrected chi connectivity index (χ1v) is 14.3. The maximum Gasteiger partial charge on any atom is 0.143 e. The van der Waals surface area contributed by atoms with Crippen LogP contribution < -0.4 is 0 Å². The van der Waals surface area contributed by atoms with Crippen molar-refractivity contribution in [3.05, 3.63) is 133 Å². The molecule has 0 N–H and O–H groups in total. The van der Waals surface area contributed by atoms with E-state index in [0.717, 1.165) is 66.1 Å². The van der Waals surface area contributed by atoms with E-state index in [2.05, 4.69) is 128 Å². The minimum Gasteiger partial charge on any atom is -0.455 e. The molecule has 0 aliphatic rings. The summed E-state index contributed by atoms with van der Waals surface area (Å²) < 4.78 is 6.64. The largest absolute Gasteiger partial charge is 0.455 e. The van der Waals surface area contributed by atoms with Crippen molar-refractivity contribution in [2.24, 2.45) is 0 Å². The number of hydrogen-bond donors (Lipinski definition) is 0. The number of fused-ring (bicyclic) bond motifs is 10. The smallest absolute Gasteiger partial charge is 0.143 e. The first-order valence-electron chi connectivity index (χ1n) is 14.3. The van der Waals surface area contributed by atoms with Crippen LogP contribution in [0.15, 0.2) is 132 Å². The highest BCUT2D eigenvalue weighted by Crippen LogP contribution is 2.40. The number of aromatic nitrogens is 2. The first kappa shape index (κ1) is 23.2. The second-order valence-corrected chi connectivity index (χ2v) is 11.0. The zero-order chi connectivity index (χ0) is 27.8. The third-order valence-corrected chi connectivity index (χ3v) is 8.66. The van der Waals surface area contributed by atoms with Gasteiger partial charge in [-0.25, -0.2) is 4.98 Å². The molecule has 9 aromatic rings. The van der Waals surface area contributed by atoms with Crippen molar-refractivity contribution in [1.29, 1.82) is 0 Å². The molecule has 0 atom stereocenters. The van der Waals surface area contributed by atoms with E-state index in [1.54, 1.807) is 0 Å². The summed E-state index contributed by atoms with van der Waals surface area (Å²) in [6.45, 7) is 2.15. The molecule has 0 radical (unpaired) electrons. The summed E-state index contributed by atoms with van der Waals surface area (Å²) in [6.07, 6.45) is 1.90. The van der Waals surface area contributed by atoms with E-state index in [0.29, 0.717) is 0 Å². The minimum atomic E-state index is 0.851. The van der Waals surface area contributed by atoms with Gasteiger partial charge in [0, 0.05) is 38.2 Å². The predicted octanol–water partition coefficient (Wildman–Crippen LogP) is 10.6. The van der Waals surface area contributed by atoms with E-state index in [-0.39, 0.29) is 0 Å². The summed E-state index contributed by atoms with van der Waals surface area (Å²) in [7, 11) is 0. The van der Waals surface area contributed by atoms with Crippen LogP contribution in [0.5, 0.6) is 0 Å². The van der Waals surface area contributed by atoms with Crippen LogP contribution in [0.1, 0.15) is 5.56 Å². The van der Waals surface area contributed by atoms with Crippen molar-refractivity contribution < 1.29 is 4.42 Å². The van der Waals surface area contributed by atoms with Crippen LogP contribution in [0.25, 0.3) is 87.7 Å². The topological polar surface area (TPSA) is 38.9 Å². The van der Waals surface area contributed by atoms with Gasteiger partial charge in [0.25, 0.3) is 0 Å². The van der Waals surface area contributed by atoms with Gasteiger partial charge in [-0.3, -0.25) is 4.98 Å². The minimum absolute atomic E-state index is 0.851. The number of furan rings is 1. The van der Waals surface area contributed by atoms with Gasteiger partial charge in [-0.05, 0) is 46.2 Å². The summed E-state index contributed by atoms with van der Waals surface area (Å²) >= 11 is 0. The van der Waals surface area contributed by atoms with Crippen LogP contribution in [0.3, 0.4) is 0 Å². The first-order chi connectivity index (χ1) is 20.7. The molecule has 2 aromatic heterocycles. The van der Waals surface area contributed by atoms with Crippen molar-refractivity contribution in [3.63, 3.8) is 0 Å². The molecule has 0 bridgehead atoms. The maximum absolute atomic E-state index is 6.64. The lowest BCUT2D eigenvalue weighted by molar-refractivity contribution is 0.667. The zero-order valence-corrected chi connectivity index (χ0v) is 22.9. The fourth-order valence-corrected chi connectivity index (χ4v) is 6.64.